The minimum atomic E-state index is -1.23. The van der Waals surface area contributed by atoms with Gasteiger partial charge in [0.25, 0.3) is 5.91 Å². The van der Waals surface area contributed by atoms with E-state index in [0.29, 0.717) is 11.1 Å². The second kappa shape index (κ2) is 9.83. The van der Waals surface area contributed by atoms with Crippen LogP contribution >= 0.6 is 11.3 Å². The van der Waals surface area contributed by atoms with Gasteiger partial charge in [-0.1, -0.05) is 30.3 Å². The number of esters is 3. The van der Waals surface area contributed by atoms with Gasteiger partial charge < -0.3 is 19.5 Å². The maximum Gasteiger partial charge on any atom is 0.348 e. The molecule has 1 heterocycles. The molecule has 2 rings (SSSR count). The number of nitrogens with one attached hydrogen (secondary N) is 1. The molecule has 0 saturated carbocycles. The predicted octanol–water partition coefficient (Wildman–Crippen LogP) is 3.26. The molecule has 1 N–H and O–H groups in total. The van der Waals surface area contributed by atoms with Gasteiger partial charge in [-0.2, -0.15) is 0 Å². The van der Waals surface area contributed by atoms with Gasteiger partial charge in [-0.3, -0.25) is 9.59 Å². The number of carbonyl (C=O) groups is 4. The Bertz CT molecular complexity index is 920. The second-order valence-electron chi connectivity index (χ2n) is 5.86. The molecule has 0 fully saturated rings. The zero-order valence-electron chi connectivity index (χ0n) is 16.4. The van der Waals surface area contributed by atoms with E-state index in [1.165, 1.54) is 14.0 Å². The molecule has 0 spiro atoms. The van der Waals surface area contributed by atoms with Gasteiger partial charge in [0, 0.05) is 12.5 Å². The second-order valence-corrected chi connectivity index (χ2v) is 6.88. The highest BCUT2D eigenvalue weighted by Gasteiger charge is 2.30. The minimum absolute atomic E-state index is 0.0558. The van der Waals surface area contributed by atoms with Crippen LogP contribution in [0.25, 0.3) is 0 Å². The van der Waals surface area contributed by atoms with E-state index in [-0.39, 0.29) is 22.0 Å². The van der Waals surface area contributed by atoms with Gasteiger partial charge in [-0.15, -0.1) is 11.3 Å². The number of hydrogen-bond acceptors (Lipinski definition) is 8. The summed E-state index contributed by atoms with van der Waals surface area (Å²) in [6, 6.07) is 8.44. The van der Waals surface area contributed by atoms with Crippen molar-refractivity contribution in [2.24, 2.45) is 0 Å². The number of amides is 1. The van der Waals surface area contributed by atoms with Gasteiger partial charge in [0.05, 0.1) is 19.3 Å². The Morgan fingerprint density at radius 1 is 1.10 bits per heavy atom. The van der Waals surface area contributed by atoms with Crippen molar-refractivity contribution in [3.8, 4) is 0 Å². The van der Waals surface area contributed by atoms with Crippen LogP contribution in [0.1, 0.15) is 51.1 Å². The molecule has 2 aromatic rings. The zero-order chi connectivity index (χ0) is 21.6. The highest BCUT2D eigenvalue weighted by Crippen LogP contribution is 2.35. The first-order valence-electron chi connectivity index (χ1n) is 8.71. The SMILES string of the molecule is CCOC(=O)c1c(NC(=O)[C@H](OC(C)=O)c2ccccc2)sc(C(=O)OC)c1C. The maximum absolute atomic E-state index is 12.9. The summed E-state index contributed by atoms with van der Waals surface area (Å²) in [6.07, 6.45) is -1.23. The first-order valence-corrected chi connectivity index (χ1v) is 9.53. The van der Waals surface area contributed by atoms with E-state index in [2.05, 4.69) is 5.32 Å². The Labute approximate surface area is 171 Å². The summed E-state index contributed by atoms with van der Waals surface area (Å²) in [6.45, 7) is 4.52. The fourth-order valence-electron chi connectivity index (χ4n) is 2.58. The third-order valence-corrected chi connectivity index (χ3v) is 5.05. The Hall–Kier alpha value is -3.20. The number of rotatable bonds is 7. The largest absolute Gasteiger partial charge is 0.465 e. The number of benzene rings is 1. The van der Waals surface area contributed by atoms with E-state index >= 15 is 0 Å². The highest BCUT2D eigenvalue weighted by molar-refractivity contribution is 7.18. The van der Waals surface area contributed by atoms with Crippen molar-refractivity contribution in [2.45, 2.75) is 26.9 Å². The lowest BCUT2D eigenvalue weighted by atomic mass is 10.1. The van der Waals surface area contributed by atoms with Gasteiger partial charge >= 0.3 is 17.9 Å². The van der Waals surface area contributed by atoms with Gasteiger partial charge in [0.15, 0.2) is 0 Å². The molecular formula is C20H21NO7S. The molecule has 0 bridgehead atoms. The number of thiophene rings is 1. The lowest BCUT2D eigenvalue weighted by Crippen LogP contribution is -2.25. The summed E-state index contributed by atoms with van der Waals surface area (Å²) in [5, 5.41) is 2.70. The molecule has 8 nitrogen and oxygen atoms in total. The number of anilines is 1. The molecule has 0 aliphatic heterocycles. The molecule has 9 heteroatoms. The van der Waals surface area contributed by atoms with Crippen LogP contribution in [-0.2, 0) is 23.8 Å². The molecule has 1 amide bonds. The van der Waals surface area contributed by atoms with Crippen molar-refractivity contribution in [3.63, 3.8) is 0 Å². The smallest absolute Gasteiger partial charge is 0.348 e. The van der Waals surface area contributed by atoms with Crippen molar-refractivity contribution in [2.75, 3.05) is 19.0 Å². The fraction of sp³-hybridized carbons (Fsp3) is 0.300. The average molecular weight is 419 g/mol. The molecule has 0 radical (unpaired) electrons. The minimum Gasteiger partial charge on any atom is -0.465 e. The number of methoxy groups -OCH3 is 1. The molecule has 1 atom stereocenters. The van der Waals surface area contributed by atoms with Crippen molar-refractivity contribution >= 4 is 40.2 Å². The van der Waals surface area contributed by atoms with Crippen LogP contribution in [0.4, 0.5) is 5.00 Å². The van der Waals surface area contributed by atoms with E-state index in [1.54, 1.807) is 44.2 Å². The van der Waals surface area contributed by atoms with Crippen molar-refractivity contribution in [1.29, 1.82) is 0 Å². The number of hydrogen-bond donors (Lipinski definition) is 1. The first kappa shape index (κ1) is 22.1. The summed E-state index contributed by atoms with van der Waals surface area (Å²) in [5.41, 5.74) is 0.846. The number of carbonyl (C=O) groups excluding carboxylic acids is 4. The molecule has 0 aliphatic carbocycles. The Balaban J connectivity index is 2.44. The maximum atomic E-state index is 12.9. The normalized spacial score (nSPS) is 11.3. The Morgan fingerprint density at radius 2 is 1.76 bits per heavy atom. The van der Waals surface area contributed by atoms with Crippen LogP contribution in [0, 0.1) is 6.92 Å². The molecule has 154 valence electrons. The van der Waals surface area contributed by atoms with Gasteiger partial charge in [0.1, 0.15) is 9.88 Å². The van der Waals surface area contributed by atoms with Crippen molar-refractivity contribution < 1.29 is 33.4 Å². The molecule has 1 aromatic carbocycles. The van der Waals surface area contributed by atoms with E-state index in [1.807, 2.05) is 0 Å². The third kappa shape index (κ3) is 5.20. The van der Waals surface area contributed by atoms with Crippen LogP contribution in [-0.4, -0.2) is 37.5 Å². The van der Waals surface area contributed by atoms with Crippen LogP contribution in [0.2, 0.25) is 0 Å². The Morgan fingerprint density at radius 3 is 2.31 bits per heavy atom. The summed E-state index contributed by atoms with van der Waals surface area (Å²) in [5.74, 6) is -2.64. The van der Waals surface area contributed by atoms with Crippen LogP contribution < -0.4 is 5.32 Å². The summed E-state index contributed by atoms with van der Waals surface area (Å²) < 4.78 is 15.0. The first-order chi connectivity index (χ1) is 13.8. The third-order valence-electron chi connectivity index (χ3n) is 3.86. The lowest BCUT2D eigenvalue weighted by molar-refractivity contribution is -0.152. The molecule has 1 aromatic heterocycles. The van der Waals surface area contributed by atoms with Crippen LogP contribution in [0.5, 0.6) is 0 Å². The number of ether oxygens (including phenoxy) is 3. The van der Waals surface area contributed by atoms with Crippen LogP contribution in [0.15, 0.2) is 30.3 Å². The zero-order valence-corrected chi connectivity index (χ0v) is 17.3. The molecule has 29 heavy (non-hydrogen) atoms. The van der Waals surface area contributed by atoms with Gasteiger partial charge in [0.2, 0.25) is 6.10 Å². The summed E-state index contributed by atoms with van der Waals surface area (Å²) >= 11 is 0.885. The van der Waals surface area contributed by atoms with E-state index < -0.39 is 29.9 Å². The van der Waals surface area contributed by atoms with Gasteiger partial charge in [-0.05, 0) is 19.4 Å². The average Bonchev–Trinajstić information content (AvgIpc) is 3.02. The summed E-state index contributed by atoms with van der Waals surface area (Å²) in [4.78, 5) is 49.0. The van der Waals surface area contributed by atoms with Crippen molar-refractivity contribution in [1.82, 2.24) is 0 Å². The predicted molar refractivity (Wildman–Crippen MR) is 106 cm³/mol. The fourth-order valence-corrected chi connectivity index (χ4v) is 3.70. The monoisotopic (exact) mass is 419 g/mol. The van der Waals surface area contributed by atoms with Gasteiger partial charge in [-0.25, -0.2) is 9.59 Å². The molecular weight excluding hydrogens is 398 g/mol. The van der Waals surface area contributed by atoms with E-state index in [4.69, 9.17) is 14.2 Å². The van der Waals surface area contributed by atoms with E-state index in [9.17, 15) is 19.2 Å². The highest BCUT2D eigenvalue weighted by atomic mass is 32.1. The summed E-state index contributed by atoms with van der Waals surface area (Å²) in [7, 11) is 1.22. The lowest BCUT2D eigenvalue weighted by Gasteiger charge is -2.17. The van der Waals surface area contributed by atoms with E-state index in [0.717, 1.165) is 11.3 Å². The molecule has 0 saturated heterocycles. The Kier molecular flexibility index (Phi) is 7.49. The molecule has 0 unspecified atom stereocenters. The topological polar surface area (TPSA) is 108 Å². The van der Waals surface area contributed by atoms with Crippen molar-refractivity contribution in [3.05, 3.63) is 51.9 Å². The van der Waals surface area contributed by atoms with Crippen LogP contribution in [0.3, 0.4) is 0 Å². The molecule has 0 aliphatic rings. The standard InChI is InChI=1S/C20H21NO7S/c1-5-27-19(24)14-11(2)16(20(25)26-4)29-18(14)21-17(23)15(28-12(3)22)13-9-7-6-8-10-13/h6-10,15H,5H2,1-4H3,(H,21,23)/t15-/m1/s1. The quantitative estimate of drug-likeness (QED) is 0.542.